The van der Waals surface area contributed by atoms with Crippen LogP contribution in [-0.4, -0.2) is 18.9 Å². The minimum atomic E-state index is 0.413. The van der Waals surface area contributed by atoms with Gasteiger partial charge in [0, 0.05) is 12.8 Å². The van der Waals surface area contributed by atoms with Crippen molar-refractivity contribution in [2.24, 2.45) is 10.9 Å². The van der Waals surface area contributed by atoms with Crippen LogP contribution in [0.15, 0.2) is 34.8 Å². The van der Waals surface area contributed by atoms with Crippen molar-refractivity contribution in [3.8, 4) is 5.75 Å². The Morgan fingerprint density at radius 2 is 1.64 bits per heavy atom. The van der Waals surface area contributed by atoms with Gasteiger partial charge in [0.25, 0.3) is 0 Å². The third-order valence-electron chi connectivity index (χ3n) is 6.17. The van der Waals surface area contributed by atoms with Crippen LogP contribution in [0.3, 0.4) is 0 Å². The predicted molar refractivity (Wildman–Crippen MR) is 105 cm³/mol. The maximum absolute atomic E-state index is 6.30. The maximum Gasteiger partial charge on any atom is 0.120 e. The van der Waals surface area contributed by atoms with Gasteiger partial charge in [-0.2, -0.15) is 0 Å². The molecule has 0 spiro atoms. The van der Waals surface area contributed by atoms with E-state index >= 15 is 0 Å². The van der Waals surface area contributed by atoms with Crippen LogP contribution >= 0.6 is 0 Å². The second-order valence-corrected chi connectivity index (χ2v) is 7.96. The van der Waals surface area contributed by atoms with Crippen LogP contribution in [0.5, 0.6) is 5.75 Å². The maximum atomic E-state index is 6.30. The molecule has 1 aromatic rings. The lowest BCUT2D eigenvalue weighted by Gasteiger charge is -2.28. The lowest BCUT2D eigenvalue weighted by molar-refractivity contribution is 0.155. The molecular weight excluding hydrogens is 306 g/mol. The molecule has 0 radical (unpaired) electrons. The second kappa shape index (κ2) is 8.21. The van der Waals surface area contributed by atoms with E-state index in [0.717, 1.165) is 24.6 Å². The standard InChI is InChI=1S/C23H31NO/c1-3-8-18(9-4-1)22-14-15-24-17-23(22)19-10-7-13-21(16-19)25-20-11-5-2-6-12-20/h7,10,13,16-18,20H,1-6,8-9,11-12,14-15H2. The number of allylic oxidation sites excluding steroid dienone is 1. The summed E-state index contributed by atoms with van der Waals surface area (Å²) in [6.45, 7) is 0.966. The van der Waals surface area contributed by atoms with E-state index in [4.69, 9.17) is 4.74 Å². The molecule has 1 aromatic carbocycles. The Morgan fingerprint density at radius 1 is 0.880 bits per heavy atom. The molecular formula is C23H31NO. The Morgan fingerprint density at radius 3 is 2.44 bits per heavy atom. The number of nitrogens with zero attached hydrogens (tertiary/aromatic N) is 1. The number of rotatable bonds is 4. The lowest BCUT2D eigenvalue weighted by atomic mass is 9.79. The first-order chi connectivity index (χ1) is 12.4. The molecule has 2 heteroatoms. The smallest absolute Gasteiger partial charge is 0.120 e. The van der Waals surface area contributed by atoms with Crippen molar-refractivity contribution in [2.45, 2.75) is 76.7 Å². The van der Waals surface area contributed by atoms with Gasteiger partial charge in [0.15, 0.2) is 0 Å². The summed E-state index contributed by atoms with van der Waals surface area (Å²) in [4.78, 5) is 4.60. The zero-order valence-corrected chi connectivity index (χ0v) is 15.4. The summed E-state index contributed by atoms with van der Waals surface area (Å²) in [7, 11) is 0. The SMILES string of the molecule is C1=NCCC(C2CCCCC2)=C1c1cccc(OC2CCCCC2)c1. The molecule has 1 heterocycles. The van der Waals surface area contributed by atoms with Crippen molar-refractivity contribution in [2.75, 3.05) is 6.54 Å². The highest BCUT2D eigenvalue weighted by molar-refractivity contribution is 6.11. The van der Waals surface area contributed by atoms with Crippen LogP contribution in [0.2, 0.25) is 0 Å². The van der Waals surface area contributed by atoms with Gasteiger partial charge in [-0.3, -0.25) is 4.99 Å². The van der Waals surface area contributed by atoms with Gasteiger partial charge in [-0.05, 0) is 74.1 Å². The third kappa shape index (κ3) is 4.16. The molecule has 134 valence electrons. The van der Waals surface area contributed by atoms with Gasteiger partial charge in [0.1, 0.15) is 5.75 Å². The molecule has 0 atom stereocenters. The van der Waals surface area contributed by atoms with Gasteiger partial charge in [-0.25, -0.2) is 0 Å². The monoisotopic (exact) mass is 337 g/mol. The van der Waals surface area contributed by atoms with Crippen LogP contribution in [0.1, 0.15) is 76.2 Å². The minimum absolute atomic E-state index is 0.413. The zero-order chi connectivity index (χ0) is 16.9. The van der Waals surface area contributed by atoms with E-state index in [2.05, 4.69) is 35.5 Å². The van der Waals surface area contributed by atoms with E-state index in [-0.39, 0.29) is 0 Å². The largest absolute Gasteiger partial charge is 0.490 e. The van der Waals surface area contributed by atoms with E-state index in [0.29, 0.717) is 6.10 Å². The molecule has 0 unspecified atom stereocenters. The summed E-state index contributed by atoms with van der Waals surface area (Å²) in [5.74, 6) is 1.82. The summed E-state index contributed by atoms with van der Waals surface area (Å²) in [5.41, 5.74) is 4.34. The zero-order valence-electron chi connectivity index (χ0n) is 15.4. The molecule has 2 nitrogen and oxygen atoms in total. The molecule has 0 amide bonds. The quantitative estimate of drug-likeness (QED) is 0.640. The molecule has 2 saturated carbocycles. The molecule has 3 aliphatic rings. The van der Waals surface area contributed by atoms with Crippen molar-refractivity contribution < 1.29 is 4.74 Å². The van der Waals surface area contributed by atoms with E-state index in [1.807, 2.05) is 0 Å². The Hall–Kier alpha value is -1.57. The Kier molecular flexibility index (Phi) is 5.54. The molecule has 4 rings (SSSR count). The minimum Gasteiger partial charge on any atom is -0.490 e. The highest BCUT2D eigenvalue weighted by Gasteiger charge is 2.23. The molecule has 0 saturated heterocycles. The van der Waals surface area contributed by atoms with Crippen molar-refractivity contribution in [3.05, 3.63) is 35.4 Å². The first-order valence-electron chi connectivity index (χ1n) is 10.4. The molecule has 2 aliphatic carbocycles. The van der Waals surface area contributed by atoms with E-state index < -0.39 is 0 Å². The number of dihydropyridines is 1. The van der Waals surface area contributed by atoms with Crippen LogP contribution < -0.4 is 4.74 Å². The van der Waals surface area contributed by atoms with Crippen LogP contribution in [0.25, 0.3) is 5.57 Å². The summed E-state index contributed by atoms with van der Waals surface area (Å²) in [6.07, 6.45) is 17.0. The fraction of sp³-hybridized carbons (Fsp3) is 0.609. The number of hydrogen-bond donors (Lipinski definition) is 0. The normalized spacial score (nSPS) is 23.0. The van der Waals surface area contributed by atoms with Gasteiger partial charge in [-0.1, -0.05) is 43.4 Å². The highest BCUT2D eigenvalue weighted by Crippen LogP contribution is 2.37. The Bertz CT molecular complexity index is 633. The van der Waals surface area contributed by atoms with Gasteiger partial charge in [0.05, 0.1) is 6.10 Å². The molecule has 25 heavy (non-hydrogen) atoms. The van der Waals surface area contributed by atoms with Crippen molar-refractivity contribution in [1.82, 2.24) is 0 Å². The average molecular weight is 338 g/mol. The number of aliphatic imine (C=N–C) groups is 1. The summed E-state index contributed by atoms with van der Waals surface area (Å²) in [6, 6.07) is 8.77. The molecule has 0 aromatic heterocycles. The number of ether oxygens (including phenoxy) is 1. The van der Waals surface area contributed by atoms with Crippen LogP contribution in [0.4, 0.5) is 0 Å². The average Bonchev–Trinajstić information content (AvgIpc) is 2.70. The van der Waals surface area contributed by atoms with Gasteiger partial charge in [-0.15, -0.1) is 0 Å². The summed E-state index contributed by atoms with van der Waals surface area (Å²) >= 11 is 0. The fourth-order valence-corrected chi connectivity index (χ4v) is 4.81. The fourth-order valence-electron chi connectivity index (χ4n) is 4.81. The van der Waals surface area contributed by atoms with E-state index in [1.165, 1.54) is 75.3 Å². The Labute approximate surface area is 152 Å². The topological polar surface area (TPSA) is 21.6 Å². The molecule has 1 aliphatic heterocycles. The lowest BCUT2D eigenvalue weighted by Crippen LogP contribution is -2.19. The first kappa shape index (κ1) is 16.9. The molecule has 0 bridgehead atoms. The van der Waals surface area contributed by atoms with E-state index in [9.17, 15) is 0 Å². The van der Waals surface area contributed by atoms with E-state index in [1.54, 1.807) is 5.57 Å². The van der Waals surface area contributed by atoms with Gasteiger partial charge in [0.2, 0.25) is 0 Å². The van der Waals surface area contributed by atoms with Crippen molar-refractivity contribution >= 4 is 11.8 Å². The first-order valence-corrected chi connectivity index (χ1v) is 10.4. The summed E-state index contributed by atoms with van der Waals surface area (Å²) in [5, 5.41) is 0. The second-order valence-electron chi connectivity index (χ2n) is 7.96. The molecule has 0 N–H and O–H groups in total. The van der Waals surface area contributed by atoms with Crippen molar-refractivity contribution in [3.63, 3.8) is 0 Å². The third-order valence-corrected chi connectivity index (χ3v) is 6.17. The van der Waals surface area contributed by atoms with Crippen LogP contribution in [0, 0.1) is 5.92 Å². The highest BCUT2D eigenvalue weighted by atomic mass is 16.5. The van der Waals surface area contributed by atoms with Crippen LogP contribution in [-0.2, 0) is 0 Å². The number of hydrogen-bond acceptors (Lipinski definition) is 2. The van der Waals surface area contributed by atoms with Gasteiger partial charge < -0.3 is 4.74 Å². The molecule has 2 fully saturated rings. The van der Waals surface area contributed by atoms with Gasteiger partial charge >= 0.3 is 0 Å². The predicted octanol–water partition coefficient (Wildman–Crippen LogP) is 6.21. The Balaban J connectivity index is 1.57. The number of benzene rings is 1. The summed E-state index contributed by atoms with van der Waals surface area (Å²) < 4.78 is 6.30. The van der Waals surface area contributed by atoms with Crippen molar-refractivity contribution in [1.29, 1.82) is 0 Å².